The fourth-order valence-corrected chi connectivity index (χ4v) is 1.84. The van der Waals surface area contributed by atoms with Gasteiger partial charge in [0.25, 0.3) is 0 Å². The zero-order valence-corrected chi connectivity index (χ0v) is 10.2. The highest BCUT2D eigenvalue weighted by molar-refractivity contribution is 5.26. The second-order valence-corrected chi connectivity index (χ2v) is 3.85. The summed E-state index contributed by atoms with van der Waals surface area (Å²) >= 11 is 0. The van der Waals surface area contributed by atoms with Crippen LogP contribution in [0.3, 0.4) is 0 Å². The molecule has 86 valence electrons. The summed E-state index contributed by atoms with van der Waals surface area (Å²) in [5, 5.41) is 11.7. The third-order valence-electron chi connectivity index (χ3n) is 2.59. The van der Waals surface area contributed by atoms with Gasteiger partial charge in [0.2, 0.25) is 5.95 Å². The van der Waals surface area contributed by atoms with Crippen LogP contribution in [0.1, 0.15) is 52.3 Å². The summed E-state index contributed by atoms with van der Waals surface area (Å²) in [5.74, 6) is 2.50. The Hall–Kier alpha value is -1.06. The molecule has 0 aliphatic heterocycles. The zero-order chi connectivity index (χ0) is 11.3. The lowest BCUT2D eigenvalue weighted by Crippen LogP contribution is -2.10. The minimum atomic E-state index is 0.495. The summed E-state index contributed by atoms with van der Waals surface area (Å²) < 4.78 is 2.17. The first kappa shape index (κ1) is 12.0. The first-order chi connectivity index (χ1) is 7.24. The van der Waals surface area contributed by atoms with Gasteiger partial charge in [-0.2, -0.15) is 0 Å². The highest BCUT2D eigenvalue weighted by Crippen LogP contribution is 2.21. The van der Waals surface area contributed by atoms with E-state index >= 15 is 0 Å². The molecule has 0 aliphatic rings. The monoisotopic (exact) mass is 210 g/mol. The van der Waals surface area contributed by atoms with Crippen molar-refractivity contribution >= 4 is 5.95 Å². The van der Waals surface area contributed by atoms with Crippen molar-refractivity contribution in [1.82, 2.24) is 14.8 Å². The van der Waals surface area contributed by atoms with Crippen molar-refractivity contribution in [2.45, 2.75) is 53.0 Å². The van der Waals surface area contributed by atoms with Crippen LogP contribution < -0.4 is 5.32 Å². The Morgan fingerprint density at radius 3 is 2.53 bits per heavy atom. The second kappa shape index (κ2) is 5.73. The lowest BCUT2D eigenvalue weighted by molar-refractivity contribution is 0.579. The Bertz CT molecular complexity index is 293. The quantitative estimate of drug-likeness (QED) is 0.785. The van der Waals surface area contributed by atoms with E-state index in [1.807, 2.05) is 0 Å². The van der Waals surface area contributed by atoms with Gasteiger partial charge in [-0.05, 0) is 20.3 Å². The van der Waals surface area contributed by atoms with Crippen LogP contribution in [-0.4, -0.2) is 21.3 Å². The number of aromatic nitrogens is 3. The largest absolute Gasteiger partial charge is 0.355 e. The molecule has 0 amide bonds. The van der Waals surface area contributed by atoms with Gasteiger partial charge < -0.3 is 5.32 Å². The highest BCUT2D eigenvalue weighted by atomic mass is 15.3. The first-order valence-corrected chi connectivity index (χ1v) is 5.91. The van der Waals surface area contributed by atoms with Gasteiger partial charge in [0.15, 0.2) is 0 Å². The highest BCUT2D eigenvalue weighted by Gasteiger charge is 2.15. The Labute approximate surface area is 92.1 Å². The first-order valence-electron chi connectivity index (χ1n) is 5.91. The molecule has 0 spiro atoms. The molecule has 1 rings (SSSR count). The molecule has 0 aliphatic carbocycles. The molecule has 1 aromatic rings. The molecule has 1 unspecified atom stereocenters. The standard InChI is InChI=1S/C11H22N4/c1-5-8-9(4)10-13-14-11(12-6-2)15(10)7-3/h9H,5-8H2,1-4H3,(H,12,14). The van der Waals surface area contributed by atoms with Crippen LogP contribution in [0.4, 0.5) is 5.95 Å². The SMILES string of the molecule is CCCC(C)c1nnc(NCC)n1CC. The Morgan fingerprint density at radius 1 is 1.27 bits per heavy atom. The van der Waals surface area contributed by atoms with Crippen LogP contribution in [0.25, 0.3) is 0 Å². The third-order valence-corrected chi connectivity index (χ3v) is 2.59. The van der Waals surface area contributed by atoms with E-state index in [4.69, 9.17) is 0 Å². The maximum absolute atomic E-state index is 4.27. The third kappa shape index (κ3) is 2.70. The smallest absolute Gasteiger partial charge is 0.224 e. The minimum Gasteiger partial charge on any atom is -0.355 e. The summed E-state index contributed by atoms with van der Waals surface area (Å²) in [7, 11) is 0. The predicted octanol–water partition coefficient (Wildman–Crippen LogP) is 2.63. The zero-order valence-electron chi connectivity index (χ0n) is 10.2. The molecule has 4 heteroatoms. The fraction of sp³-hybridized carbons (Fsp3) is 0.818. The van der Waals surface area contributed by atoms with Crippen molar-refractivity contribution in [3.8, 4) is 0 Å². The molecule has 0 saturated carbocycles. The van der Waals surface area contributed by atoms with E-state index in [-0.39, 0.29) is 0 Å². The van der Waals surface area contributed by atoms with Crippen molar-refractivity contribution in [3.63, 3.8) is 0 Å². The second-order valence-electron chi connectivity index (χ2n) is 3.85. The van der Waals surface area contributed by atoms with Crippen LogP contribution in [0, 0.1) is 0 Å². The van der Waals surface area contributed by atoms with Crippen molar-refractivity contribution in [3.05, 3.63) is 5.82 Å². The molecule has 1 atom stereocenters. The molecule has 1 aromatic heterocycles. The lowest BCUT2D eigenvalue weighted by Gasteiger charge is -2.12. The van der Waals surface area contributed by atoms with Crippen LogP contribution in [0.15, 0.2) is 0 Å². The van der Waals surface area contributed by atoms with E-state index in [0.717, 1.165) is 24.9 Å². The Kier molecular flexibility index (Phi) is 4.59. The fourth-order valence-electron chi connectivity index (χ4n) is 1.84. The van der Waals surface area contributed by atoms with Crippen molar-refractivity contribution < 1.29 is 0 Å². The summed E-state index contributed by atoms with van der Waals surface area (Å²) in [4.78, 5) is 0. The van der Waals surface area contributed by atoms with Gasteiger partial charge >= 0.3 is 0 Å². The minimum absolute atomic E-state index is 0.495. The number of rotatable bonds is 6. The van der Waals surface area contributed by atoms with Crippen molar-refractivity contribution in [2.75, 3.05) is 11.9 Å². The molecular weight excluding hydrogens is 188 g/mol. The molecule has 0 radical (unpaired) electrons. The van der Waals surface area contributed by atoms with E-state index in [9.17, 15) is 0 Å². The number of nitrogens with one attached hydrogen (secondary N) is 1. The average molecular weight is 210 g/mol. The maximum Gasteiger partial charge on any atom is 0.224 e. The van der Waals surface area contributed by atoms with Gasteiger partial charge in [-0.15, -0.1) is 10.2 Å². The molecular formula is C11H22N4. The van der Waals surface area contributed by atoms with E-state index in [1.165, 1.54) is 12.8 Å². The van der Waals surface area contributed by atoms with Crippen LogP contribution in [-0.2, 0) is 6.54 Å². The van der Waals surface area contributed by atoms with E-state index in [2.05, 4.69) is 47.8 Å². The van der Waals surface area contributed by atoms with Gasteiger partial charge in [-0.1, -0.05) is 20.3 Å². The summed E-state index contributed by atoms with van der Waals surface area (Å²) in [5.41, 5.74) is 0. The molecule has 0 saturated heterocycles. The van der Waals surface area contributed by atoms with Gasteiger partial charge in [0.1, 0.15) is 5.82 Å². The molecule has 1 heterocycles. The molecule has 0 aromatic carbocycles. The number of nitrogens with zero attached hydrogens (tertiary/aromatic N) is 3. The van der Waals surface area contributed by atoms with E-state index in [1.54, 1.807) is 0 Å². The Balaban J connectivity index is 2.87. The molecule has 0 fully saturated rings. The van der Waals surface area contributed by atoms with Gasteiger partial charge in [0, 0.05) is 19.0 Å². The van der Waals surface area contributed by atoms with E-state index in [0.29, 0.717) is 5.92 Å². The number of anilines is 1. The molecule has 0 bridgehead atoms. The van der Waals surface area contributed by atoms with Crippen LogP contribution in [0.5, 0.6) is 0 Å². The average Bonchev–Trinajstić information content (AvgIpc) is 2.62. The van der Waals surface area contributed by atoms with Gasteiger partial charge in [0.05, 0.1) is 0 Å². The topological polar surface area (TPSA) is 42.7 Å². The lowest BCUT2D eigenvalue weighted by atomic mass is 10.1. The number of hydrogen-bond donors (Lipinski definition) is 1. The van der Waals surface area contributed by atoms with Gasteiger partial charge in [-0.25, -0.2) is 0 Å². The maximum atomic E-state index is 4.27. The van der Waals surface area contributed by atoms with Crippen molar-refractivity contribution in [1.29, 1.82) is 0 Å². The summed E-state index contributed by atoms with van der Waals surface area (Å²) in [6.07, 6.45) is 2.36. The molecule has 15 heavy (non-hydrogen) atoms. The van der Waals surface area contributed by atoms with Crippen molar-refractivity contribution in [2.24, 2.45) is 0 Å². The molecule has 1 N–H and O–H groups in total. The Morgan fingerprint density at radius 2 is 2.00 bits per heavy atom. The summed E-state index contributed by atoms with van der Waals surface area (Å²) in [6, 6.07) is 0. The number of hydrogen-bond acceptors (Lipinski definition) is 3. The molecule has 4 nitrogen and oxygen atoms in total. The van der Waals surface area contributed by atoms with Crippen LogP contribution >= 0.6 is 0 Å². The van der Waals surface area contributed by atoms with Crippen LogP contribution in [0.2, 0.25) is 0 Å². The van der Waals surface area contributed by atoms with Gasteiger partial charge in [-0.3, -0.25) is 4.57 Å². The normalized spacial score (nSPS) is 12.8. The van der Waals surface area contributed by atoms with E-state index < -0.39 is 0 Å². The summed E-state index contributed by atoms with van der Waals surface area (Å²) in [6.45, 7) is 10.4. The predicted molar refractivity (Wildman–Crippen MR) is 63.2 cm³/mol.